The summed E-state index contributed by atoms with van der Waals surface area (Å²) >= 11 is 0.589. The third-order valence-electron chi connectivity index (χ3n) is 2.12. The molecule has 1 aliphatic heterocycles. The molecule has 5 heteroatoms. The Hall–Kier alpha value is -1.36. The summed E-state index contributed by atoms with van der Waals surface area (Å²) in [6, 6.07) is 6.40. The van der Waals surface area contributed by atoms with E-state index in [0.717, 1.165) is 7.11 Å². The van der Waals surface area contributed by atoms with Gasteiger partial charge in [-0.25, -0.2) is 9.18 Å². The third kappa shape index (κ3) is 1.34. The van der Waals surface area contributed by atoms with Crippen LogP contribution >= 0.6 is 11.8 Å². The molecule has 2 rings (SSSR count). The molecule has 78 valence electrons. The van der Waals surface area contributed by atoms with E-state index >= 15 is 0 Å². The van der Waals surface area contributed by atoms with Crippen LogP contribution in [0.2, 0.25) is 0 Å². The van der Waals surface area contributed by atoms with Crippen molar-refractivity contribution in [1.82, 2.24) is 0 Å². The summed E-state index contributed by atoms with van der Waals surface area (Å²) in [5.41, 5.74) is 0.232. The summed E-state index contributed by atoms with van der Waals surface area (Å²) in [7, 11) is 1.06. The number of ketones is 1. The van der Waals surface area contributed by atoms with Crippen LogP contribution < -0.4 is 0 Å². The van der Waals surface area contributed by atoms with Crippen LogP contribution in [-0.4, -0.2) is 23.9 Å². The maximum atomic E-state index is 14.0. The Labute approximate surface area is 89.6 Å². The fraction of sp³-hybridized carbons (Fsp3) is 0.200. The lowest BCUT2D eigenvalue weighted by Gasteiger charge is -2.12. The molecule has 0 fully saturated rings. The number of fused-ring (bicyclic) bond motifs is 1. The number of ether oxygens (including phenoxy) is 1. The van der Waals surface area contributed by atoms with Crippen molar-refractivity contribution in [3.63, 3.8) is 0 Å². The van der Waals surface area contributed by atoms with Crippen molar-refractivity contribution in [2.24, 2.45) is 0 Å². The second-order valence-corrected chi connectivity index (χ2v) is 4.22. The van der Waals surface area contributed by atoms with E-state index in [1.54, 1.807) is 18.2 Å². The highest BCUT2D eigenvalue weighted by atomic mass is 32.2. The van der Waals surface area contributed by atoms with Gasteiger partial charge in [0.15, 0.2) is 0 Å². The van der Waals surface area contributed by atoms with E-state index < -0.39 is 16.8 Å². The minimum atomic E-state index is -2.61. The Morgan fingerprint density at radius 2 is 2.13 bits per heavy atom. The van der Waals surface area contributed by atoms with Crippen molar-refractivity contribution in [3.8, 4) is 0 Å². The Morgan fingerprint density at radius 3 is 2.73 bits per heavy atom. The third-order valence-corrected chi connectivity index (χ3v) is 3.33. The molecule has 0 N–H and O–H groups in total. The number of hydrogen-bond donors (Lipinski definition) is 0. The van der Waals surface area contributed by atoms with Gasteiger partial charge in [0.25, 0.3) is 0 Å². The zero-order valence-electron chi connectivity index (χ0n) is 7.82. The number of thioether (sulfide) groups is 1. The highest BCUT2D eigenvalue weighted by Gasteiger charge is 2.54. The zero-order chi connectivity index (χ0) is 11.1. The highest BCUT2D eigenvalue weighted by molar-refractivity contribution is 8.02. The number of carbonyl (C=O) groups is 2. The van der Waals surface area contributed by atoms with Crippen molar-refractivity contribution < 1.29 is 18.7 Å². The number of methoxy groups -OCH3 is 1. The van der Waals surface area contributed by atoms with Gasteiger partial charge in [0.1, 0.15) is 0 Å². The van der Waals surface area contributed by atoms with Gasteiger partial charge < -0.3 is 4.74 Å². The van der Waals surface area contributed by atoms with Crippen molar-refractivity contribution in [3.05, 3.63) is 29.8 Å². The van der Waals surface area contributed by atoms with E-state index in [1.807, 2.05) is 0 Å². The Morgan fingerprint density at radius 1 is 1.47 bits per heavy atom. The smallest absolute Gasteiger partial charge is 0.363 e. The van der Waals surface area contributed by atoms with Crippen LogP contribution in [0.1, 0.15) is 10.4 Å². The average molecular weight is 226 g/mol. The molecule has 0 radical (unpaired) electrons. The minimum absolute atomic E-state index is 0.232. The molecule has 1 aliphatic rings. The Bertz CT molecular complexity index is 446. The Balaban J connectivity index is 2.47. The number of carbonyl (C=O) groups excluding carboxylic acids is 2. The summed E-state index contributed by atoms with van der Waals surface area (Å²) in [5.74, 6) is -2.00. The summed E-state index contributed by atoms with van der Waals surface area (Å²) < 4.78 is 18.3. The topological polar surface area (TPSA) is 43.4 Å². The molecule has 3 nitrogen and oxygen atoms in total. The molecule has 0 bridgehead atoms. The van der Waals surface area contributed by atoms with Crippen LogP contribution in [0.4, 0.5) is 4.39 Å². The quantitative estimate of drug-likeness (QED) is 0.541. The van der Waals surface area contributed by atoms with Gasteiger partial charge in [-0.15, -0.1) is 0 Å². The number of rotatable bonds is 1. The van der Waals surface area contributed by atoms with Crippen LogP contribution in [0, 0.1) is 0 Å². The first-order valence-corrected chi connectivity index (χ1v) is 5.01. The molecule has 0 spiro atoms. The summed E-state index contributed by atoms with van der Waals surface area (Å²) in [4.78, 5) is 23.3. The molecule has 0 saturated carbocycles. The van der Waals surface area contributed by atoms with Crippen LogP contribution in [0.5, 0.6) is 0 Å². The van der Waals surface area contributed by atoms with Gasteiger partial charge in [-0.2, -0.15) is 0 Å². The lowest BCUT2D eigenvalue weighted by molar-refractivity contribution is -0.146. The summed E-state index contributed by atoms with van der Waals surface area (Å²) in [5, 5.41) is -2.61. The summed E-state index contributed by atoms with van der Waals surface area (Å²) in [6.45, 7) is 0. The number of Topliss-reactive ketones (excluding diaryl/α,β-unsaturated/α-hetero) is 1. The Kier molecular flexibility index (Phi) is 2.26. The number of esters is 1. The summed E-state index contributed by atoms with van der Waals surface area (Å²) in [6.07, 6.45) is 0. The largest absolute Gasteiger partial charge is 0.466 e. The second kappa shape index (κ2) is 3.34. The van der Waals surface area contributed by atoms with E-state index in [9.17, 15) is 14.0 Å². The standard InChI is InChI=1S/C10H7FO3S/c1-14-9(13)10(11)8(12)6-4-2-3-5-7(6)15-10/h2-5H,1H3. The van der Waals surface area contributed by atoms with Crippen LogP contribution in [0.25, 0.3) is 0 Å². The van der Waals surface area contributed by atoms with Gasteiger partial charge in [-0.1, -0.05) is 30.0 Å². The van der Waals surface area contributed by atoms with Gasteiger partial charge in [-0.3, -0.25) is 4.79 Å². The lowest BCUT2D eigenvalue weighted by atomic mass is 10.1. The van der Waals surface area contributed by atoms with Crippen molar-refractivity contribution in [2.75, 3.05) is 7.11 Å². The van der Waals surface area contributed by atoms with Crippen molar-refractivity contribution in [1.29, 1.82) is 0 Å². The van der Waals surface area contributed by atoms with E-state index in [4.69, 9.17) is 0 Å². The molecule has 1 unspecified atom stereocenters. The fourth-order valence-electron chi connectivity index (χ4n) is 1.38. The first-order valence-electron chi connectivity index (χ1n) is 4.20. The second-order valence-electron chi connectivity index (χ2n) is 3.01. The number of hydrogen-bond acceptors (Lipinski definition) is 4. The molecule has 1 aromatic carbocycles. The molecular formula is C10H7FO3S. The predicted octanol–water partition coefficient (Wildman–Crippen LogP) is 1.81. The van der Waals surface area contributed by atoms with Crippen LogP contribution in [0.3, 0.4) is 0 Å². The molecule has 1 atom stereocenters. The zero-order valence-corrected chi connectivity index (χ0v) is 8.64. The number of halogens is 1. The molecule has 0 amide bonds. The van der Waals surface area contributed by atoms with Gasteiger partial charge >= 0.3 is 11.0 Å². The SMILES string of the molecule is COC(=O)C1(F)Sc2ccccc2C1=O. The minimum Gasteiger partial charge on any atom is -0.466 e. The van der Waals surface area contributed by atoms with Gasteiger partial charge in [-0.05, 0) is 6.07 Å². The molecular weight excluding hydrogens is 219 g/mol. The number of alkyl halides is 1. The molecule has 15 heavy (non-hydrogen) atoms. The van der Waals surface area contributed by atoms with E-state index in [1.165, 1.54) is 6.07 Å². The van der Waals surface area contributed by atoms with E-state index in [-0.39, 0.29) is 5.56 Å². The maximum Gasteiger partial charge on any atom is 0.363 e. The monoisotopic (exact) mass is 226 g/mol. The predicted molar refractivity (Wildman–Crippen MR) is 52.5 cm³/mol. The first kappa shape index (κ1) is 10.2. The molecule has 0 aliphatic carbocycles. The van der Waals surface area contributed by atoms with Gasteiger partial charge in [0.05, 0.1) is 7.11 Å². The van der Waals surface area contributed by atoms with Gasteiger partial charge in [0, 0.05) is 10.5 Å². The first-order chi connectivity index (χ1) is 7.09. The number of benzene rings is 1. The molecule has 0 saturated heterocycles. The fourth-order valence-corrected chi connectivity index (χ4v) is 2.47. The molecule has 0 aromatic heterocycles. The average Bonchev–Trinajstić information content (AvgIpc) is 2.52. The highest BCUT2D eigenvalue weighted by Crippen LogP contribution is 2.46. The molecule has 1 heterocycles. The van der Waals surface area contributed by atoms with Gasteiger partial charge in [0.2, 0.25) is 5.78 Å². The normalized spacial score (nSPS) is 23.7. The molecule has 1 aromatic rings. The lowest BCUT2D eigenvalue weighted by Crippen LogP contribution is -2.36. The van der Waals surface area contributed by atoms with Crippen molar-refractivity contribution >= 4 is 23.5 Å². The maximum absolute atomic E-state index is 14.0. The van der Waals surface area contributed by atoms with E-state index in [0.29, 0.717) is 16.7 Å². The van der Waals surface area contributed by atoms with Crippen LogP contribution in [-0.2, 0) is 9.53 Å². The van der Waals surface area contributed by atoms with Crippen LogP contribution in [0.15, 0.2) is 29.2 Å². The van der Waals surface area contributed by atoms with E-state index in [2.05, 4.69) is 4.74 Å². The van der Waals surface area contributed by atoms with Crippen molar-refractivity contribution in [2.45, 2.75) is 9.90 Å².